The van der Waals surface area contributed by atoms with E-state index in [4.69, 9.17) is 9.47 Å². The maximum Gasteiger partial charge on any atom is 0.126 e. The molecule has 1 aromatic rings. The van der Waals surface area contributed by atoms with Crippen LogP contribution in [0.2, 0.25) is 0 Å². The first-order chi connectivity index (χ1) is 11.0. The number of hydrogen-bond acceptors (Lipinski definition) is 2. The van der Waals surface area contributed by atoms with Crippen molar-refractivity contribution in [3.63, 3.8) is 0 Å². The average molecular weight is 333 g/mol. The molecule has 0 bridgehead atoms. The van der Waals surface area contributed by atoms with E-state index in [0.717, 1.165) is 30.8 Å². The summed E-state index contributed by atoms with van der Waals surface area (Å²) >= 11 is 0. The lowest BCUT2D eigenvalue weighted by Crippen LogP contribution is -2.21. The minimum Gasteiger partial charge on any atom is -0.496 e. The molecule has 1 rings (SSSR count). The second-order valence-corrected chi connectivity index (χ2v) is 8.67. The normalized spacial score (nSPS) is 13.0. The van der Waals surface area contributed by atoms with E-state index < -0.39 is 0 Å². The van der Waals surface area contributed by atoms with Crippen molar-refractivity contribution in [3.05, 3.63) is 35.4 Å². The minimum absolute atomic E-state index is 0.144. The van der Waals surface area contributed by atoms with Gasteiger partial charge in [0.15, 0.2) is 0 Å². The molecule has 0 radical (unpaired) electrons. The fraction of sp³-hybridized carbons (Fsp3) is 0.636. The summed E-state index contributed by atoms with van der Waals surface area (Å²) in [5, 5.41) is 0. The van der Waals surface area contributed by atoms with Crippen molar-refractivity contribution in [1.29, 1.82) is 0 Å². The van der Waals surface area contributed by atoms with E-state index in [1.807, 2.05) is 0 Å². The molecule has 0 aromatic heterocycles. The molecule has 0 heterocycles. The molecule has 0 amide bonds. The first-order valence-corrected chi connectivity index (χ1v) is 9.02. The lowest BCUT2D eigenvalue weighted by molar-refractivity contribution is 0.0186. The van der Waals surface area contributed by atoms with Gasteiger partial charge in [0.05, 0.1) is 19.8 Å². The summed E-state index contributed by atoms with van der Waals surface area (Å²) in [6.07, 6.45) is 6.88. The third kappa shape index (κ3) is 7.09. The summed E-state index contributed by atoms with van der Waals surface area (Å²) in [5.41, 5.74) is 2.83. The van der Waals surface area contributed by atoms with Gasteiger partial charge in [-0.2, -0.15) is 0 Å². The number of ether oxygens (including phenoxy) is 2. The second kappa shape index (κ2) is 8.71. The van der Waals surface area contributed by atoms with Gasteiger partial charge in [-0.25, -0.2) is 0 Å². The molecule has 136 valence electrons. The van der Waals surface area contributed by atoms with Crippen LogP contribution in [0.5, 0.6) is 5.75 Å². The van der Waals surface area contributed by atoms with Crippen LogP contribution in [0, 0.1) is 5.41 Å². The first-order valence-electron chi connectivity index (χ1n) is 9.02. The molecule has 2 nitrogen and oxygen atoms in total. The van der Waals surface area contributed by atoms with E-state index in [1.165, 1.54) is 5.56 Å². The van der Waals surface area contributed by atoms with Crippen molar-refractivity contribution in [2.75, 3.05) is 13.7 Å². The lowest BCUT2D eigenvalue weighted by atomic mass is 9.86. The quantitative estimate of drug-likeness (QED) is 0.561. The van der Waals surface area contributed by atoms with Gasteiger partial charge in [0.25, 0.3) is 0 Å². The molecule has 0 spiro atoms. The van der Waals surface area contributed by atoms with Gasteiger partial charge >= 0.3 is 0 Å². The van der Waals surface area contributed by atoms with Gasteiger partial charge in [0.1, 0.15) is 5.75 Å². The van der Waals surface area contributed by atoms with Crippen molar-refractivity contribution < 1.29 is 9.47 Å². The van der Waals surface area contributed by atoms with Crippen molar-refractivity contribution in [2.45, 2.75) is 72.8 Å². The molecule has 0 atom stereocenters. The van der Waals surface area contributed by atoms with E-state index in [-0.39, 0.29) is 10.8 Å². The molecule has 0 fully saturated rings. The van der Waals surface area contributed by atoms with Gasteiger partial charge in [0, 0.05) is 5.56 Å². The van der Waals surface area contributed by atoms with Crippen LogP contribution >= 0.6 is 0 Å². The third-order valence-electron chi connectivity index (χ3n) is 4.19. The largest absolute Gasteiger partial charge is 0.496 e. The van der Waals surface area contributed by atoms with Crippen LogP contribution in [0.4, 0.5) is 0 Å². The van der Waals surface area contributed by atoms with Crippen LogP contribution in [0.25, 0.3) is 6.08 Å². The van der Waals surface area contributed by atoms with Crippen LogP contribution in [0.1, 0.15) is 72.4 Å². The molecule has 0 aliphatic heterocycles. The van der Waals surface area contributed by atoms with Gasteiger partial charge in [-0.3, -0.25) is 0 Å². The van der Waals surface area contributed by atoms with Crippen molar-refractivity contribution >= 4 is 6.08 Å². The van der Waals surface area contributed by atoms with Crippen LogP contribution in [0.15, 0.2) is 24.3 Å². The van der Waals surface area contributed by atoms with Crippen LogP contribution in [-0.2, 0) is 10.2 Å². The molecule has 0 aliphatic carbocycles. The van der Waals surface area contributed by atoms with Crippen molar-refractivity contribution in [1.82, 2.24) is 0 Å². The summed E-state index contributed by atoms with van der Waals surface area (Å²) in [4.78, 5) is 0. The maximum absolute atomic E-state index is 5.77. The zero-order valence-corrected chi connectivity index (χ0v) is 16.9. The van der Waals surface area contributed by atoms with Gasteiger partial charge in [0.2, 0.25) is 0 Å². The van der Waals surface area contributed by atoms with E-state index >= 15 is 0 Å². The summed E-state index contributed by atoms with van der Waals surface area (Å²) in [5.74, 6) is 0.932. The molecule has 0 unspecified atom stereocenters. The molecule has 0 saturated carbocycles. The Morgan fingerprint density at radius 2 is 1.75 bits per heavy atom. The van der Waals surface area contributed by atoms with Gasteiger partial charge in [-0.15, -0.1) is 0 Å². The van der Waals surface area contributed by atoms with E-state index in [0.29, 0.717) is 6.10 Å². The maximum atomic E-state index is 5.77. The molecule has 1 aromatic carbocycles. The number of allylic oxidation sites excluding steroid dienone is 1. The third-order valence-corrected chi connectivity index (χ3v) is 4.19. The smallest absolute Gasteiger partial charge is 0.126 e. The van der Waals surface area contributed by atoms with Crippen LogP contribution in [0.3, 0.4) is 0 Å². The average Bonchev–Trinajstić information content (AvgIpc) is 2.48. The van der Waals surface area contributed by atoms with Crippen molar-refractivity contribution in [2.24, 2.45) is 5.41 Å². The standard InChI is InChI=1S/C22H36O2/c1-17(2)24-16-22(6,7)14-10-9-11-18-15-19(21(3,4)5)12-13-20(18)23-8/h9,11-13,15,17H,10,14,16H2,1-8H3. The Bertz CT molecular complexity index is 533. The Balaban J connectivity index is 2.72. The predicted octanol–water partition coefficient (Wildman–Crippen LogP) is 6.24. The number of methoxy groups -OCH3 is 1. The lowest BCUT2D eigenvalue weighted by Gasteiger charge is -2.25. The zero-order chi connectivity index (χ0) is 18.4. The Morgan fingerprint density at radius 3 is 2.29 bits per heavy atom. The predicted molar refractivity (Wildman–Crippen MR) is 105 cm³/mol. The van der Waals surface area contributed by atoms with E-state index in [1.54, 1.807) is 7.11 Å². The fourth-order valence-electron chi connectivity index (χ4n) is 2.48. The SMILES string of the molecule is COc1ccc(C(C)(C)C)cc1C=CCCC(C)(C)COC(C)C. The van der Waals surface area contributed by atoms with Crippen molar-refractivity contribution in [3.8, 4) is 5.75 Å². The highest BCUT2D eigenvalue weighted by Crippen LogP contribution is 2.29. The van der Waals surface area contributed by atoms with E-state index in [9.17, 15) is 0 Å². The summed E-state index contributed by atoms with van der Waals surface area (Å²) in [6, 6.07) is 6.46. The number of rotatable bonds is 8. The first kappa shape index (κ1) is 20.8. The molecule has 0 N–H and O–H groups in total. The van der Waals surface area contributed by atoms with Gasteiger partial charge < -0.3 is 9.47 Å². The highest BCUT2D eigenvalue weighted by atomic mass is 16.5. The molecule has 2 heteroatoms. The Hall–Kier alpha value is -1.28. The van der Waals surface area contributed by atoms with Crippen LogP contribution in [-0.4, -0.2) is 19.8 Å². The number of hydrogen-bond donors (Lipinski definition) is 0. The highest BCUT2D eigenvalue weighted by Gasteiger charge is 2.18. The Kier molecular flexibility index (Phi) is 7.54. The molecule has 0 saturated heterocycles. The van der Waals surface area contributed by atoms with E-state index in [2.05, 4.69) is 78.8 Å². The van der Waals surface area contributed by atoms with Gasteiger partial charge in [-0.05, 0) is 55.2 Å². The monoisotopic (exact) mass is 332 g/mol. The fourth-order valence-corrected chi connectivity index (χ4v) is 2.48. The highest BCUT2D eigenvalue weighted by molar-refractivity contribution is 5.59. The summed E-state index contributed by atoms with van der Waals surface area (Å²) < 4.78 is 11.3. The van der Waals surface area contributed by atoms with Crippen LogP contribution < -0.4 is 4.74 Å². The zero-order valence-electron chi connectivity index (χ0n) is 16.9. The molecule has 24 heavy (non-hydrogen) atoms. The second-order valence-electron chi connectivity index (χ2n) is 8.67. The minimum atomic E-state index is 0.144. The summed E-state index contributed by atoms with van der Waals surface area (Å²) in [6.45, 7) is 16.2. The molecular weight excluding hydrogens is 296 g/mol. The number of benzene rings is 1. The summed E-state index contributed by atoms with van der Waals surface area (Å²) in [7, 11) is 1.73. The Morgan fingerprint density at radius 1 is 1.08 bits per heavy atom. The molecule has 0 aliphatic rings. The van der Waals surface area contributed by atoms with Gasteiger partial charge in [-0.1, -0.05) is 52.8 Å². The topological polar surface area (TPSA) is 18.5 Å². The Labute approximate surface area is 149 Å². The molecular formula is C22H36O2.